The summed E-state index contributed by atoms with van der Waals surface area (Å²) in [5, 5.41) is 0. The maximum absolute atomic E-state index is 11.8. The number of hydrogen-bond donors (Lipinski definition) is 0. The second kappa shape index (κ2) is 4.30. The van der Waals surface area contributed by atoms with Crippen molar-refractivity contribution in [2.45, 2.75) is 13.0 Å². The lowest BCUT2D eigenvalue weighted by molar-refractivity contribution is -0.130. The first-order chi connectivity index (χ1) is 7.31. The van der Waals surface area contributed by atoms with E-state index in [2.05, 4.69) is 18.7 Å². The Labute approximate surface area is 90.2 Å². The summed E-state index contributed by atoms with van der Waals surface area (Å²) < 4.78 is 0. The molecule has 1 unspecified atom stereocenters. The first-order valence-electron chi connectivity index (χ1n) is 5.26. The largest absolute Gasteiger partial charge is 0.338 e. The van der Waals surface area contributed by atoms with Crippen LogP contribution in [-0.2, 0) is 11.3 Å². The molecule has 1 heterocycles. The Bertz CT molecular complexity index is 358. The zero-order valence-corrected chi connectivity index (χ0v) is 8.73. The van der Waals surface area contributed by atoms with Crippen molar-refractivity contribution in [1.29, 1.82) is 0 Å². The molecule has 1 fully saturated rings. The third-order valence-corrected chi connectivity index (χ3v) is 2.84. The molecule has 1 aliphatic heterocycles. The van der Waals surface area contributed by atoms with Crippen LogP contribution < -0.4 is 0 Å². The van der Waals surface area contributed by atoms with E-state index in [9.17, 15) is 4.79 Å². The molecule has 0 spiro atoms. The van der Waals surface area contributed by atoms with Crippen LogP contribution in [0.5, 0.6) is 0 Å². The van der Waals surface area contributed by atoms with Gasteiger partial charge in [-0.25, -0.2) is 0 Å². The number of benzene rings is 1. The van der Waals surface area contributed by atoms with Crippen molar-refractivity contribution in [3.8, 4) is 0 Å². The van der Waals surface area contributed by atoms with Crippen LogP contribution >= 0.6 is 0 Å². The van der Waals surface area contributed by atoms with Gasteiger partial charge in [0.15, 0.2) is 0 Å². The zero-order valence-electron chi connectivity index (χ0n) is 8.73. The average Bonchev–Trinajstić information content (AvgIpc) is 2.62. The van der Waals surface area contributed by atoms with Crippen molar-refractivity contribution in [2.24, 2.45) is 5.92 Å². The Kier molecular flexibility index (Phi) is 2.86. The van der Waals surface area contributed by atoms with E-state index in [1.807, 2.05) is 23.1 Å². The van der Waals surface area contributed by atoms with Gasteiger partial charge in [-0.3, -0.25) is 4.79 Å². The number of carbonyl (C=O) groups excluding carboxylic acids is 1. The topological polar surface area (TPSA) is 20.3 Å². The minimum absolute atomic E-state index is 0.0358. The molecule has 1 amide bonds. The molecule has 2 heteroatoms. The minimum atomic E-state index is 0.0358. The molecule has 78 valence electrons. The summed E-state index contributed by atoms with van der Waals surface area (Å²) in [6.45, 7) is 5.26. The van der Waals surface area contributed by atoms with Crippen molar-refractivity contribution in [1.82, 2.24) is 4.90 Å². The number of carbonyl (C=O) groups is 1. The number of likely N-dealkylation sites (tertiary alicyclic amines) is 1. The smallest absolute Gasteiger partial charge is 0.229 e. The van der Waals surface area contributed by atoms with E-state index in [0.29, 0.717) is 0 Å². The van der Waals surface area contributed by atoms with E-state index in [1.165, 1.54) is 5.56 Å². The molecular formula is C13H15NO. The van der Waals surface area contributed by atoms with Crippen LogP contribution in [-0.4, -0.2) is 17.4 Å². The van der Waals surface area contributed by atoms with Gasteiger partial charge in [0.2, 0.25) is 5.91 Å². The monoisotopic (exact) mass is 201 g/mol. The van der Waals surface area contributed by atoms with Crippen molar-refractivity contribution >= 4 is 5.91 Å². The van der Waals surface area contributed by atoms with Crippen LogP contribution in [0.4, 0.5) is 0 Å². The van der Waals surface area contributed by atoms with Gasteiger partial charge in [0.1, 0.15) is 0 Å². The molecule has 1 atom stereocenters. The maximum Gasteiger partial charge on any atom is 0.229 e. The molecule has 2 nitrogen and oxygen atoms in total. The Morgan fingerprint density at radius 1 is 1.40 bits per heavy atom. The Balaban J connectivity index is 2.03. The van der Waals surface area contributed by atoms with Gasteiger partial charge >= 0.3 is 0 Å². The molecule has 0 N–H and O–H groups in total. The highest BCUT2D eigenvalue weighted by molar-refractivity contribution is 5.82. The molecule has 0 aliphatic carbocycles. The number of nitrogens with zero attached hydrogens (tertiary/aromatic N) is 1. The minimum Gasteiger partial charge on any atom is -0.338 e. The van der Waals surface area contributed by atoms with Crippen LogP contribution in [0.25, 0.3) is 0 Å². The summed E-state index contributed by atoms with van der Waals surface area (Å²) in [6, 6.07) is 10.1. The molecule has 1 aromatic carbocycles. The highest BCUT2D eigenvalue weighted by Crippen LogP contribution is 2.20. The number of rotatable bonds is 3. The third kappa shape index (κ3) is 2.09. The van der Waals surface area contributed by atoms with E-state index >= 15 is 0 Å². The summed E-state index contributed by atoms with van der Waals surface area (Å²) in [4.78, 5) is 13.7. The standard InChI is InChI=1S/C13H15NO/c1-2-12-8-9-14(13(12)15)10-11-6-4-3-5-7-11/h2-7,12H,1,8-10H2. The molecule has 0 aromatic heterocycles. The fraction of sp³-hybridized carbons (Fsp3) is 0.308. The molecule has 2 rings (SSSR count). The van der Waals surface area contributed by atoms with Gasteiger partial charge < -0.3 is 4.90 Å². The Morgan fingerprint density at radius 2 is 2.13 bits per heavy atom. The van der Waals surface area contributed by atoms with E-state index in [1.54, 1.807) is 6.08 Å². The molecule has 0 bridgehead atoms. The highest BCUT2D eigenvalue weighted by atomic mass is 16.2. The molecule has 1 aromatic rings. The average molecular weight is 201 g/mol. The Morgan fingerprint density at radius 3 is 2.73 bits per heavy atom. The molecule has 1 saturated heterocycles. The molecular weight excluding hydrogens is 186 g/mol. The molecule has 15 heavy (non-hydrogen) atoms. The predicted octanol–water partition coefficient (Wildman–Crippen LogP) is 2.22. The fourth-order valence-electron chi connectivity index (χ4n) is 1.94. The number of hydrogen-bond acceptors (Lipinski definition) is 1. The van der Waals surface area contributed by atoms with Crippen LogP contribution in [0.3, 0.4) is 0 Å². The second-order valence-corrected chi connectivity index (χ2v) is 3.88. The van der Waals surface area contributed by atoms with Crippen LogP contribution in [0.2, 0.25) is 0 Å². The molecule has 0 saturated carbocycles. The summed E-state index contributed by atoms with van der Waals surface area (Å²) >= 11 is 0. The summed E-state index contributed by atoms with van der Waals surface area (Å²) in [6.07, 6.45) is 2.67. The molecule has 0 radical (unpaired) electrons. The fourth-order valence-corrected chi connectivity index (χ4v) is 1.94. The highest BCUT2D eigenvalue weighted by Gasteiger charge is 2.28. The second-order valence-electron chi connectivity index (χ2n) is 3.88. The maximum atomic E-state index is 11.8. The van der Waals surface area contributed by atoms with Gasteiger partial charge in [0.05, 0.1) is 5.92 Å². The quantitative estimate of drug-likeness (QED) is 0.687. The van der Waals surface area contributed by atoms with Crippen molar-refractivity contribution < 1.29 is 4.79 Å². The number of amides is 1. The van der Waals surface area contributed by atoms with Crippen molar-refractivity contribution in [2.75, 3.05) is 6.54 Å². The summed E-state index contributed by atoms with van der Waals surface area (Å²) in [5.74, 6) is 0.252. The summed E-state index contributed by atoms with van der Waals surface area (Å²) in [5.41, 5.74) is 1.19. The van der Waals surface area contributed by atoms with Crippen LogP contribution in [0.15, 0.2) is 43.0 Å². The van der Waals surface area contributed by atoms with Gasteiger partial charge in [-0.05, 0) is 12.0 Å². The van der Waals surface area contributed by atoms with Crippen LogP contribution in [0.1, 0.15) is 12.0 Å². The molecule has 1 aliphatic rings. The first-order valence-corrected chi connectivity index (χ1v) is 5.26. The van der Waals surface area contributed by atoms with Gasteiger partial charge in [0.25, 0.3) is 0 Å². The SMILES string of the molecule is C=CC1CCN(Cc2ccccc2)C1=O. The van der Waals surface area contributed by atoms with E-state index in [0.717, 1.165) is 19.5 Å². The van der Waals surface area contributed by atoms with Crippen LogP contribution in [0, 0.1) is 5.92 Å². The van der Waals surface area contributed by atoms with Gasteiger partial charge in [0, 0.05) is 13.1 Å². The predicted molar refractivity (Wildman–Crippen MR) is 60.2 cm³/mol. The first kappa shape index (κ1) is 9.97. The zero-order chi connectivity index (χ0) is 10.7. The van der Waals surface area contributed by atoms with Gasteiger partial charge in [-0.2, -0.15) is 0 Å². The van der Waals surface area contributed by atoms with Crippen molar-refractivity contribution in [3.05, 3.63) is 48.6 Å². The lowest BCUT2D eigenvalue weighted by atomic mass is 10.1. The third-order valence-electron chi connectivity index (χ3n) is 2.84. The van der Waals surface area contributed by atoms with Gasteiger partial charge in [-0.1, -0.05) is 36.4 Å². The van der Waals surface area contributed by atoms with E-state index < -0.39 is 0 Å². The lowest BCUT2D eigenvalue weighted by Crippen LogP contribution is -2.26. The van der Waals surface area contributed by atoms with Crippen molar-refractivity contribution in [3.63, 3.8) is 0 Å². The lowest BCUT2D eigenvalue weighted by Gasteiger charge is -2.15. The Hall–Kier alpha value is -1.57. The van der Waals surface area contributed by atoms with Gasteiger partial charge in [-0.15, -0.1) is 6.58 Å². The van der Waals surface area contributed by atoms with E-state index in [4.69, 9.17) is 0 Å². The van der Waals surface area contributed by atoms with E-state index in [-0.39, 0.29) is 11.8 Å². The normalized spacial score (nSPS) is 20.7. The summed E-state index contributed by atoms with van der Waals surface area (Å²) in [7, 11) is 0.